The molecule has 0 radical (unpaired) electrons. The third-order valence-corrected chi connectivity index (χ3v) is 5.86. The largest absolute Gasteiger partial charge is 0.478 e. The molecule has 1 saturated heterocycles. The Kier molecular flexibility index (Phi) is 4.67. The first-order valence-corrected chi connectivity index (χ1v) is 9.34. The highest BCUT2D eigenvalue weighted by molar-refractivity contribution is 5.91. The molecular formula is C19H24F2N4O3. The summed E-state index contributed by atoms with van der Waals surface area (Å²) in [7, 11) is 3.35. The SMILES string of the molecule is CN[C@@H]1CN(c2c(F)c(N)c3c(c2F)N(C2CC2)C=C(C(=O)O)C3)C[C@@H]1OC. The number of anilines is 3. The average Bonchev–Trinajstić information content (AvgIpc) is 3.45. The van der Waals surface area contributed by atoms with Crippen LogP contribution in [0.25, 0.3) is 0 Å². The lowest BCUT2D eigenvalue weighted by Gasteiger charge is -2.32. The molecule has 0 amide bonds. The summed E-state index contributed by atoms with van der Waals surface area (Å²) in [6, 6.07) is -0.0601. The summed E-state index contributed by atoms with van der Waals surface area (Å²) in [6.45, 7) is 0.703. The van der Waals surface area contributed by atoms with Crippen LogP contribution in [-0.4, -0.2) is 56.5 Å². The number of likely N-dealkylation sites (N-methyl/N-ethyl adjacent to an activating group) is 1. The van der Waals surface area contributed by atoms with E-state index in [-0.39, 0.29) is 52.8 Å². The van der Waals surface area contributed by atoms with E-state index < -0.39 is 17.6 Å². The Morgan fingerprint density at radius 3 is 2.54 bits per heavy atom. The molecule has 0 bridgehead atoms. The predicted molar refractivity (Wildman–Crippen MR) is 102 cm³/mol. The molecule has 1 aliphatic carbocycles. The fourth-order valence-corrected chi connectivity index (χ4v) is 4.17. The first-order chi connectivity index (χ1) is 13.4. The van der Waals surface area contributed by atoms with Crippen LogP contribution in [0.4, 0.5) is 25.8 Å². The van der Waals surface area contributed by atoms with Gasteiger partial charge in [-0.3, -0.25) is 0 Å². The number of hydrogen-bond acceptors (Lipinski definition) is 6. The fraction of sp³-hybridized carbons (Fsp3) is 0.526. The van der Waals surface area contributed by atoms with Gasteiger partial charge in [-0.25, -0.2) is 13.6 Å². The number of benzene rings is 1. The van der Waals surface area contributed by atoms with Crippen LogP contribution in [0.1, 0.15) is 18.4 Å². The second-order valence-electron chi connectivity index (χ2n) is 7.57. The highest BCUT2D eigenvalue weighted by Crippen LogP contribution is 2.46. The van der Waals surface area contributed by atoms with Crippen molar-refractivity contribution in [2.75, 3.05) is 42.8 Å². The second-order valence-corrected chi connectivity index (χ2v) is 7.57. The standard InChI is InChI=1S/C19H24F2N4O3/c1-23-12-7-24(8-13(12)28-2)18-14(20)16(22)11-5-9(19(26)27)6-25(10-3-4-10)17(11)15(18)21/h6,10,12-13,23H,3-5,7-8,22H2,1-2H3,(H,26,27)/t12-,13+/m1/s1. The van der Waals surface area contributed by atoms with Gasteiger partial charge in [0.05, 0.1) is 29.1 Å². The average molecular weight is 394 g/mol. The summed E-state index contributed by atoms with van der Waals surface area (Å²) in [4.78, 5) is 14.7. The Morgan fingerprint density at radius 2 is 2.00 bits per heavy atom. The van der Waals surface area contributed by atoms with E-state index in [0.717, 1.165) is 12.8 Å². The van der Waals surface area contributed by atoms with Crippen LogP contribution in [0.15, 0.2) is 11.8 Å². The topological polar surface area (TPSA) is 91.1 Å². The molecule has 0 aromatic heterocycles. The van der Waals surface area contributed by atoms with Crippen molar-refractivity contribution in [3.8, 4) is 0 Å². The molecule has 1 aromatic carbocycles. The van der Waals surface area contributed by atoms with Crippen LogP contribution in [-0.2, 0) is 16.0 Å². The lowest BCUT2D eigenvalue weighted by Crippen LogP contribution is -2.37. The van der Waals surface area contributed by atoms with Crippen LogP contribution in [0.3, 0.4) is 0 Å². The zero-order chi connectivity index (χ0) is 20.2. The van der Waals surface area contributed by atoms with Gasteiger partial charge in [0.25, 0.3) is 0 Å². The Labute approximate surface area is 161 Å². The maximum atomic E-state index is 15.7. The number of nitrogens with one attached hydrogen (secondary N) is 1. The minimum Gasteiger partial charge on any atom is -0.478 e. The van der Waals surface area contributed by atoms with Gasteiger partial charge in [-0.1, -0.05) is 0 Å². The van der Waals surface area contributed by atoms with Crippen molar-refractivity contribution < 1.29 is 23.4 Å². The van der Waals surface area contributed by atoms with E-state index in [9.17, 15) is 9.90 Å². The zero-order valence-electron chi connectivity index (χ0n) is 15.8. The maximum absolute atomic E-state index is 15.7. The molecule has 0 spiro atoms. The van der Waals surface area contributed by atoms with Gasteiger partial charge in [0.1, 0.15) is 5.69 Å². The van der Waals surface area contributed by atoms with Crippen LogP contribution < -0.4 is 20.9 Å². The van der Waals surface area contributed by atoms with E-state index in [4.69, 9.17) is 10.5 Å². The Bertz CT molecular complexity index is 844. The summed E-state index contributed by atoms with van der Waals surface area (Å²) in [5, 5.41) is 12.5. The highest BCUT2D eigenvalue weighted by Gasteiger charge is 2.41. The number of nitrogens with two attached hydrogens (primary N) is 1. The van der Waals surface area contributed by atoms with E-state index in [1.54, 1.807) is 24.0 Å². The summed E-state index contributed by atoms with van der Waals surface area (Å²) in [5.74, 6) is -2.65. The number of halogens is 2. The van der Waals surface area contributed by atoms with Crippen molar-refractivity contribution in [3.05, 3.63) is 29.0 Å². The van der Waals surface area contributed by atoms with Gasteiger partial charge in [0, 0.05) is 44.4 Å². The summed E-state index contributed by atoms with van der Waals surface area (Å²) in [6.07, 6.45) is 2.80. The number of nitrogen functional groups attached to an aromatic ring is 1. The molecule has 4 N–H and O–H groups in total. The molecular weight excluding hydrogens is 370 g/mol. The quantitative estimate of drug-likeness (QED) is 0.652. The molecule has 1 saturated carbocycles. The van der Waals surface area contributed by atoms with Crippen molar-refractivity contribution in [3.63, 3.8) is 0 Å². The number of carboxylic acids is 1. The Hall–Kier alpha value is -2.39. The first kappa shape index (κ1) is 18.9. The monoisotopic (exact) mass is 394 g/mol. The molecule has 28 heavy (non-hydrogen) atoms. The third-order valence-electron chi connectivity index (χ3n) is 5.86. The van der Waals surface area contributed by atoms with E-state index in [2.05, 4.69) is 5.32 Å². The van der Waals surface area contributed by atoms with E-state index in [1.165, 1.54) is 6.20 Å². The highest BCUT2D eigenvalue weighted by atomic mass is 19.1. The number of hydrogen-bond donors (Lipinski definition) is 3. The number of methoxy groups -OCH3 is 1. The van der Waals surface area contributed by atoms with Crippen molar-refractivity contribution >= 4 is 23.0 Å². The molecule has 2 aliphatic heterocycles. The maximum Gasteiger partial charge on any atom is 0.333 e. The third kappa shape index (κ3) is 2.89. The Morgan fingerprint density at radius 1 is 1.29 bits per heavy atom. The van der Waals surface area contributed by atoms with Gasteiger partial charge >= 0.3 is 5.97 Å². The number of rotatable bonds is 5. The second kappa shape index (κ2) is 6.89. The van der Waals surface area contributed by atoms with E-state index in [0.29, 0.717) is 13.1 Å². The number of carboxylic acid groups (broad SMARTS) is 1. The van der Waals surface area contributed by atoms with Gasteiger partial charge < -0.3 is 30.7 Å². The van der Waals surface area contributed by atoms with E-state index >= 15 is 8.78 Å². The summed E-state index contributed by atoms with van der Waals surface area (Å²) >= 11 is 0. The van der Waals surface area contributed by atoms with Gasteiger partial charge in [-0.2, -0.15) is 0 Å². The smallest absolute Gasteiger partial charge is 0.333 e. The molecule has 9 heteroatoms. The minimum absolute atomic E-state index is 0.0102. The molecule has 2 atom stereocenters. The minimum atomic E-state index is -1.11. The number of carbonyl (C=O) groups is 1. The molecule has 4 rings (SSSR count). The van der Waals surface area contributed by atoms with Crippen LogP contribution in [0.5, 0.6) is 0 Å². The zero-order valence-corrected chi connectivity index (χ0v) is 15.8. The fourth-order valence-electron chi connectivity index (χ4n) is 4.17. The molecule has 7 nitrogen and oxygen atoms in total. The van der Waals surface area contributed by atoms with Crippen molar-refractivity contribution in [1.82, 2.24) is 5.32 Å². The first-order valence-electron chi connectivity index (χ1n) is 9.34. The van der Waals surface area contributed by atoms with Crippen LogP contribution in [0, 0.1) is 11.6 Å². The number of ether oxygens (including phenoxy) is 1. The number of nitrogens with zero attached hydrogens (tertiary/aromatic N) is 2. The lowest BCUT2D eigenvalue weighted by molar-refractivity contribution is -0.132. The summed E-state index contributed by atoms with van der Waals surface area (Å²) in [5.41, 5.74) is 6.18. The predicted octanol–water partition coefficient (Wildman–Crippen LogP) is 1.46. The number of aliphatic carboxylic acids is 1. The van der Waals surface area contributed by atoms with Crippen molar-refractivity contribution in [2.45, 2.75) is 37.5 Å². The van der Waals surface area contributed by atoms with Crippen LogP contribution >= 0.6 is 0 Å². The molecule has 2 fully saturated rings. The molecule has 152 valence electrons. The van der Waals surface area contributed by atoms with Gasteiger partial charge in [-0.05, 0) is 19.9 Å². The normalized spacial score (nSPS) is 24.4. The summed E-state index contributed by atoms with van der Waals surface area (Å²) < 4.78 is 36.3. The van der Waals surface area contributed by atoms with E-state index in [1.807, 2.05) is 0 Å². The molecule has 1 aromatic rings. The van der Waals surface area contributed by atoms with Crippen molar-refractivity contribution in [2.24, 2.45) is 0 Å². The molecule has 2 heterocycles. The lowest BCUT2D eigenvalue weighted by atomic mass is 9.95. The molecule has 0 unspecified atom stereocenters. The van der Waals surface area contributed by atoms with Crippen molar-refractivity contribution in [1.29, 1.82) is 0 Å². The van der Waals surface area contributed by atoms with Gasteiger partial charge in [0.2, 0.25) is 0 Å². The van der Waals surface area contributed by atoms with Gasteiger partial charge in [0.15, 0.2) is 11.6 Å². The number of fused-ring (bicyclic) bond motifs is 1. The molecule has 3 aliphatic rings. The van der Waals surface area contributed by atoms with Crippen LogP contribution in [0.2, 0.25) is 0 Å². The Balaban J connectivity index is 1.82. The van der Waals surface area contributed by atoms with Gasteiger partial charge in [-0.15, -0.1) is 0 Å².